The Bertz CT molecular complexity index is 1130. The van der Waals surface area contributed by atoms with Crippen LogP contribution < -0.4 is 23.7 Å². The van der Waals surface area contributed by atoms with E-state index < -0.39 is 12.1 Å². The third-order valence-electron chi connectivity index (χ3n) is 5.80. The Balaban J connectivity index is 1.95. The van der Waals surface area contributed by atoms with Gasteiger partial charge in [-0.25, -0.2) is 4.79 Å². The second-order valence-electron chi connectivity index (χ2n) is 7.51. The summed E-state index contributed by atoms with van der Waals surface area (Å²) in [7, 11) is 7.72. The molecule has 33 heavy (non-hydrogen) atoms. The standard InChI is InChI=1S/C26H26O7/c1-28-17-8-6-15(7-9-17)25-23(16-10-18(29-2)12-19(11-16)30-3)24-21(26(27)32-5)13-20(31-4)14-22(24)33-25/h6-14,23,25H,1-5H3/t23-,25-/m1/s1. The minimum Gasteiger partial charge on any atom is -0.497 e. The lowest BCUT2D eigenvalue weighted by molar-refractivity contribution is 0.0599. The van der Waals surface area contributed by atoms with Crippen LogP contribution in [0.3, 0.4) is 0 Å². The molecule has 1 aliphatic rings. The Morgan fingerprint density at radius 3 is 1.82 bits per heavy atom. The fourth-order valence-corrected chi connectivity index (χ4v) is 4.18. The lowest BCUT2D eigenvalue weighted by atomic mass is 9.82. The van der Waals surface area contributed by atoms with E-state index in [1.54, 1.807) is 46.6 Å². The number of rotatable bonds is 7. The van der Waals surface area contributed by atoms with Gasteiger partial charge in [-0.05, 0) is 41.5 Å². The van der Waals surface area contributed by atoms with Crippen LogP contribution in [0, 0.1) is 0 Å². The first-order valence-corrected chi connectivity index (χ1v) is 10.4. The van der Waals surface area contributed by atoms with Crippen LogP contribution in [0.2, 0.25) is 0 Å². The van der Waals surface area contributed by atoms with Crippen molar-refractivity contribution in [3.8, 4) is 28.7 Å². The maximum atomic E-state index is 12.8. The van der Waals surface area contributed by atoms with Gasteiger partial charge in [-0.3, -0.25) is 0 Å². The van der Waals surface area contributed by atoms with E-state index in [2.05, 4.69) is 0 Å². The molecule has 4 rings (SSSR count). The van der Waals surface area contributed by atoms with Crippen LogP contribution in [0.5, 0.6) is 28.7 Å². The summed E-state index contributed by atoms with van der Waals surface area (Å²) in [5.74, 6) is 2.28. The van der Waals surface area contributed by atoms with E-state index in [9.17, 15) is 4.79 Å². The molecule has 0 fully saturated rings. The van der Waals surface area contributed by atoms with E-state index in [0.29, 0.717) is 28.6 Å². The molecular weight excluding hydrogens is 424 g/mol. The molecule has 0 N–H and O–H groups in total. The van der Waals surface area contributed by atoms with E-state index in [1.165, 1.54) is 7.11 Å². The fourth-order valence-electron chi connectivity index (χ4n) is 4.18. The zero-order valence-corrected chi connectivity index (χ0v) is 19.2. The SMILES string of the molecule is COC(=O)c1cc(OC)cc2c1[C@@H](c1cc(OC)cc(OC)c1)[C@@H](c1ccc(OC)cc1)O2. The van der Waals surface area contributed by atoms with Crippen LogP contribution in [0.1, 0.15) is 39.1 Å². The van der Waals surface area contributed by atoms with Crippen molar-refractivity contribution in [3.05, 3.63) is 76.9 Å². The van der Waals surface area contributed by atoms with Crippen molar-refractivity contribution in [1.82, 2.24) is 0 Å². The summed E-state index contributed by atoms with van der Waals surface area (Å²) in [4.78, 5) is 12.8. The highest BCUT2D eigenvalue weighted by atomic mass is 16.5. The minimum atomic E-state index is -0.469. The van der Waals surface area contributed by atoms with Gasteiger partial charge in [0.2, 0.25) is 0 Å². The smallest absolute Gasteiger partial charge is 0.338 e. The van der Waals surface area contributed by atoms with E-state index in [0.717, 1.165) is 22.4 Å². The van der Waals surface area contributed by atoms with Gasteiger partial charge in [0.1, 0.15) is 34.9 Å². The number of ether oxygens (including phenoxy) is 6. The Morgan fingerprint density at radius 1 is 0.697 bits per heavy atom. The molecule has 0 saturated heterocycles. The number of carbonyl (C=O) groups is 1. The summed E-state index contributed by atoms with van der Waals surface area (Å²) >= 11 is 0. The van der Waals surface area contributed by atoms with Crippen LogP contribution in [0.25, 0.3) is 0 Å². The third-order valence-corrected chi connectivity index (χ3v) is 5.80. The second kappa shape index (κ2) is 9.32. The summed E-state index contributed by atoms with van der Waals surface area (Å²) < 4.78 is 33.3. The van der Waals surface area contributed by atoms with Gasteiger partial charge in [0.25, 0.3) is 0 Å². The monoisotopic (exact) mass is 450 g/mol. The molecule has 0 amide bonds. The molecule has 0 aliphatic carbocycles. The molecule has 0 bridgehead atoms. The molecule has 0 unspecified atom stereocenters. The molecule has 0 aromatic heterocycles. The summed E-state index contributed by atoms with van der Waals surface area (Å²) in [6.45, 7) is 0. The van der Waals surface area contributed by atoms with Crippen LogP contribution in [0.4, 0.5) is 0 Å². The largest absolute Gasteiger partial charge is 0.497 e. The first-order chi connectivity index (χ1) is 16.0. The predicted molar refractivity (Wildman–Crippen MR) is 122 cm³/mol. The summed E-state index contributed by atoms with van der Waals surface area (Å²) in [6.07, 6.45) is -0.418. The molecule has 0 saturated carbocycles. The summed E-state index contributed by atoms with van der Waals surface area (Å²) in [6, 6.07) is 16.8. The molecular formula is C26H26O7. The molecule has 7 nitrogen and oxygen atoms in total. The lowest BCUT2D eigenvalue weighted by Gasteiger charge is -2.22. The average molecular weight is 450 g/mol. The van der Waals surface area contributed by atoms with Gasteiger partial charge in [0, 0.05) is 17.7 Å². The Kier molecular flexibility index (Phi) is 6.31. The first kappa shape index (κ1) is 22.3. The van der Waals surface area contributed by atoms with E-state index in [1.807, 2.05) is 36.4 Å². The van der Waals surface area contributed by atoms with Crippen molar-refractivity contribution < 1.29 is 33.2 Å². The quantitative estimate of drug-likeness (QED) is 0.480. The lowest BCUT2D eigenvalue weighted by Crippen LogP contribution is -2.14. The number of benzene rings is 3. The Hall–Kier alpha value is -3.87. The average Bonchev–Trinajstić information content (AvgIpc) is 3.26. The van der Waals surface area contributed by atoms with Crippen molar-refractivity contribution in [2.75, 3.05) is 35.5 Å². The number of fused-ring (bicyclic) bond motifs is 1. The summed E-state index contributed by atoms with van der Waals surface area (Å²) in [5.41, 5.74) is 2.91. The van der Waals surface area contributed by atoms with Gasteiger partial charge in [-0.15, -0.1) is 0 Å². The van der Waals surface area contributed by atoms with Crippen molar-refractivity contribution in [2.45, 2.75) is 12.0 Å². The molecule has 3 aromatic rings. The molecule has 0 radical (unpaired) electrons. The Labute approximate surface area is 192 Å². The van der Waals surface area contributed by atoms with Gasteiger partial charge in [-0.1, -0.05) is 12.1 Å². The normalized spacial score (nSPS) is 16.4. The highest BCUT2D eigenvalue weighted by molar-refractivity contribution is 5.93. The van der Waals surface area contributed by atoms with E-state index in [4.69, 9.17) is 28.4 Å². The highest BCUT2D eigenvalue weighted by Gasteiger charge is 2.41. The van der Waals surface area contributed by atoms with Crippen LogP contribution in [0.15, 0.2) is 54.6 Å². The topological polar surface area (TPSA) is 72.5 Å². The first-order valence-electron chi connectivity index (χ1n) is 10.4. The summed E-state index contributed by atoms with van der Waals surface area (Å²) in [5, 5.41) is 0. The molecule has 1 heterocycles. The zero-order valence-electron chi connectivity index (χ0n) is 19.2. The third kappa shape index (κ3) is 4.14. The second-order valence-corrected chi connectivity index (χ2v) is 7.51. The number of esters is 1. The van der Waals surface area contributed by atoms with E-state index >= 15 is 0 Å². The number of hydrogen-bond acceptors (Lipinski definition) is 7. The van der Waals surface area contributed by atoms with Gasteiger partial charge in [-0.2, -0.15) is 0 Å². The zero-order chi connectivity index (χ0) is 23.5. The molecule has 2 atom stereocenters. The molecule has 1 aliphatic heterocycles. The number of carbonyl (C=O) groups excluding carboxylic acids is 1. The van der Waals surface area contributed by atoms with Crippen LogP contribution in [-0.4, -0.2) is 41.5 Å². The van der Waals surface area contributed by atoms with Crippen LogP contribution >= 0.6 is 0 Å². The fraction of sp³-hybridized carbons (Fsp3) is 0.269. The van der Waals surface area contributed by atoms with Crippen molar-refractivity contribution >= 4 is 5.97 Å². The van der Waals surface area contributed by atoms with Crippen molar-refractivity contribution in [1.29, 1.82) is 0 Å². The Morgan fingerprint density at radius 2 is 1.27 bits per heavy atom. The van der Waals surface area contributed by atoms with Gasteiger partial charge >= 0.3 is 5.97 Å². The van der Waals surface area contributed by atoms with Gasteiger partial charge in [0.15, 0.2) is 0 Å². The van der Waals surface area contributed by atoms with Crippen LogP contribution in [-0.2, 0) is 4.74 Å². The van der Waals surface area contributed by atoms with Crippen molar-refractivity contribution in [3.63, 3.8) is 0 Å². The van der Waals surface area contributed by atoms with Crippen molar-refractivity contribution in [2.24, 2.45) is 0 Å². The van der Waals surface area contributed by atoms with Gasteiger partial charge in [0.05, 0.1) is 47.0 Å². The highest BCUT2D eigenvalue weighted by Crippen LogP contribution is 2.53. The maximum Gasteiger partial charge on any atom is 0.338 e. The number of hydrogen-bond donors (Lipinski definition) is 0. The minimum absolute atomic E-state index is 0.336. The molecule has 3 aromatic carbocycles. The molecule has 172 valence electrons. The molecule has 7 heteroatoms. The predicted octanol–water partition coefficient (Wildman–Crippen LogP) is 4.77. The van der Waals surface area contributed by atoms with E-state index in [-0.39, 0.29) is 5.92 Å². The number of methoxy groups -OCH3 is 5. The van der Waals surface area contributed by atoms with Gasteiger partial charge < -0.3 is 28.4 Å². The maximum absolute atomic E-state index is 12.8. The molecule has 0 spiro atoms.